The number of halogens is 1. The highest BCUT2D eigenvalue weighted by Gasteiger charge is 2.27. The Hall–Kier alpha value is -2.45. The molecule has 1 N–H and O–H groups in total. The molecule has 1 aromatic carbocycles. The molecule has 2 aliphatic heterocycles. The largest absolute Gasteiger partial charge is 0.457 e. The zero-order valence-electron chi connectivity index (χ0n) is 14.1. The topological polar surface area (TPSA) is 62.6 Å². The Balaban J connectivity index is 1.55. The lowest BCUT2D eigenvalue weighted by molar-refractivity contribution is -0.115. The number of furan rings is 1. The number of amides is 2. The van der Waals surface area contributed by atoms with Gasteiger partial charge in [0.05, 0.1) is 11.4 Å². The molecule has 138 valence electrons. The maximum atomic E-state index is 13.4. The Morgan fingerprint density at radius 3 is 2.93 bits per heavy atom. The molecule has 2 aliphatic rings. The van der Waals surface area contributed by atoms with Gasteiger partial charge in [-0.15, -0.1) is 0 Å². The number of thioether (sulfide) groups is 1. The maximum absolute atomic E-state index is 13.4. The normalized spacial score (nSPS) is 21.1. The fourth-order valence-corrected chi connectivity index (χ4v) is 4.05. The minimum atomic E-state index is -0.948. The summed E-state index contributed by atoms with van der Waals surface area (Å²) in [6.07, 6.45) is 1.07. The van der Waals surface area contributed by atoms with E-state index in [0.29, 0.717) is 39.3 Å². The fourth-order valence-electron chi connectivity index (χ4n) is 3.03. The van der Waals surface area contributed by atoms with Gasteiger partial charge in [-0.05, 0) is 30.7 Å². The van der Waals surface area contributed by atoms with Gasteiger partial charge in [-0.2, -0.15) is 0 Å². The number of rotatable bonds is 3. The van der Waals surface area contributed by atoms with Crippen molar-refractivity contribution in [1.82, 2.24) is 10.2 Å². The summed E-state index contributed by atoms with van der Waals surface area (Å²) in [5.41, 5.74) is 1.23. The van der Waals surface area contributed by atoms with Crippen molar-refractivity contribution >= 4 is 46.2 Å². The first-order valence-electron chi connectivity index (χ1n) is 8.38. The van der Waals surface area contributed by atoms with E-state index in [1.807, 2.05) is 6.07 Å². The van der Waals surface area contributed by atoms with Gasteiger partial charge in [-0.25, -0.2) is 4.39 Å². The number of likely N-dealkylation sites (tertiary alicyclic amines) is 1. The van der Waals surface area contributed by atoms with E-state index in [4.69, 9.17) is 16.6 Å². The van der Waals surface area contributed by atoms with Gasteiger partial charge in [0.25, 0.3) is 11.8 Å². The highest BCUT2D eigenvalue weighted by atomic mass is 32.2. The molecule has 2 aromatic rings. The van der Waals surface area contributed by atoms with Crippen LogP contribution in [0.4, 0.5) is 4.39 Å². The second-order valence-corrected chi connectivity index (χ2v) is 7.99. The molecular formula is C19H15FN2O3S2. The van der Waals surface area contributed by atoms with Crippen LogP contribution in [0.15, 0.2) is 45.7 Å². The number of hydrogen-bond acceptors (Lipinski definition) is 5. The molecule has 8 heteroatoms. The highest BCUT2D eigenvalue weighted by molar-refractivity contribution is 8.26. The van der Waals surface area contributed by atoms with Gasteiger partial charge in [0, 0.05) is 23.7 Å². The van der Waals surface area contributed by atoms with Crippen molar-refractivity contribution < 1.29 is 18.4 Å². The van der Waals surface area contributed by atoms with E-state index in [1.54, 1.807) is 36.4 Å². The Bertz CT molecular complexity index is 969. The molecule has 27 heavy (non-hydrogen) atoms. The number of thiocarbonyl (C=S) groups is 1. The maximum Gasteiger partial charge on any atom is 0.263 e. The van der Waals surface area contributed by atoms with E-state index < -0.39 is 6.17 Å². The van der Waals surface area contributed by atoms with Crippen molar-refractivity contribution in [2.24, 2.45) is 0 Å². The molecule has 1 aromatic heterocycles. The summed E-state index contributed by atoms with van der Waals surface area (Å²) in [5, 5.41) is 2.55. The van der Waals surface area contributed by atoms with Crippen molar-refractivity contribution in [2.75, 3.05) is 13.1 Å². The Morgan fingerprint density at radius 2 is 2.22 bits per heavy atom. The van der Waals surface area contributed by atoms with Gasteiger partial charge >= 0.3 is 0 Å². The van der Waals surface area contributed by atoms with E-state index in [-0.39, 0.29) is 18.4 Å². The smallest absolute Gasteiger partial charge is 0.263 e. The molecule has 1 atom stereocenters. The van der Waals surface area contributed by atoms with Gasteiger partial charge in [0.1, 0.15) is 22.0 Å². The van der Waals surface area contributed by atoms with Gasteiger partial charge in [0.2, 0.25) is 0 Å². The van der Waals surface area contributed by atoms with E-state index >= 15 is 0 Å². The number of nitrogens with one attached hydrogen (secondary N) is 1. The third-order valence-corrected chi connectivity index (χ3v) is 5.52. The standard InChI is InChI=1S/C19H15FN2O3S2/c20-13-6-7-22(10-13)18(24)12-3-1-2-11(8-12)15-5-4-14(25-15)9-16-17(23)21-19(26)27-16/h1-5,8-9,13H,6-7,10H2,(H,21,23,26)/b16-9-/t13-/m1/s1. The first kappa shape index (κ1) is 17.9. The average molecular weight is 402 g/mol. The molecule has 5 nitrogen and oxygen atoms in total. The van der Waals surface area contributed by atoms with Crippen molar-refractivity contribution in [3.8, 4) is 11.3 Å². The molecule has 0 radical (unpaired) electrons. The van der Waals surface area contributed by atoms with Gasteiger partial charge in [0.15, 0.2) is 0 Å². The summed E-state index contributed by atoms with van der Waals surface area (Å²) in [4.78, 5) is 26.3. The number of carbonyl (C=O) groups is 2. The molecule has 3 heterocycles. The lowest BCUT2D eigenvalue weighted by Crippen LogP contribution is -2.28. The van der Waals surface area contributed by atoms with Gasteiger partial charge in [-0.3, -0.25) is 9.59 Å². The van der Waals surface area contributed by atoms with Gasteiger partial charge < -0.3 is 14.6 Å². The molecule has 0 unspecified atom stereocenters. The fraction of sp³-hybridized carbons (Fsp3) is 0.211. The monoisotopic (exact) mass is 402 g/mol. The molecule has 0 saturated carbocycles. The first-order chi connectivity index (χ1) is 13.0. The molecule has 2 fully saturated rings. The number of alkyl halides is 1. The predicted molar refractivity (Wildman–Crippen MR) is 106 cm³/mol. The zero-order chi connectivity index (χ0) is 19.0. The minimum absolute atomic E-state index is 0.142. The van der Waals surface area contributed by atoms with Crippen molar-refractivity contribution in [3.63, 3.8) is 0 Å². The summed E-state index contributed by atoms with van der Waals surface area (Å²) in [7, 11) is 0. The Kier molecular flexibility index (Phi) is 4.84. The summed E-state index contributed by atoms with van der Waals surface area (Å²) in [5.74, 6) is 0.668. The van der Waals surface area contributed by atoms with E-state index in [0.717, 1.165) is 5.56 Å². The quantitative estimate of drug-likeness (QED) is 0.628. The number of hydrogen-bond donors (Lipinski definition) is 1. The molecule has 0 spiro atoms. The molecule has 4 rings (SSSR count). The summed E-state index contributed by atoms with van der Waals surface area (Å²) in [6.45, 7) is 0.577. The van der Waals surface area contributed by atoms with Gasteiger partial charge in [-0.1, -0.05) is 36.1 Å². The molecule has 0 bridgehead atoms. The van der Waals surface area contributed by atoms with Crippen LogP contribution in [0.5, 0.6) is 0 Å². The van der Waals surface area contributed by atoms with Crippen LogP contribution in [0.25, 0.3) is 17.4 Å². The molecule has 0 aliphatic carbocycles. The van der Waals surface area contributed by atoms with Crippen LogP contribution in [-0.2, 0) is 4.79 Å². The summed E-state index contributed by atoms with van der Waals surface area (Å²) in [6, 6.07) is 10.6. The van der Waals surface area contributed by atoms with Crippen LogP contribution in [-0.4, -0.2) is 40.3 Å². The lowest BCUT2D eigenvalue weighted by atomic mass is 10.1. The van der Waals surface area contributed by atoms with Crippen LogP contribution >= 0.6 is 24.0 Å². The Morgan fingerprint density at radius 1 is 1.37 bits per heavy atom. The van der Waals surface area contributed by atoms with Crippen molar-refractivity contribution in [1.29, 1.82) is 0 Å². The second-order valence-electron chi connectivity index (χ2n) is 6.27. The van der Waals surface area contributed by atoms with Crippen LogP contribution in [0.2, 0.25) is 0 Å². The third kappa shape index (κ3) is 3.81. The van der Waals surface area contributed by atoms with E-state index in [2.05, 4.69) is 5.32 Å². The lowest BCUT2D eigenvalue weighted by Gasteiger charge is -2.15. The average Bonchev–Trinajstić information content (AvgIpc) is 3.36. The zero-order valence-corrected chi connectivity index (χ0v) is 15.7. The first-order valence-corrected chi connectivity index (χ1v) is 9.60. The van der Waals surface area contributed by atoms with E-state index in [1.165, 1.54) is 16.7 Å². The summed E-state index contributed by atoms with van der Waals surface area (Å²) >= 11 is 6.15. The van der Waals surface area contributed by atoms with Crippen LogP contribution in [0, 0.1) is 0 Å². The highest BCUT2D eigenvalue weighted by Crippen LogP contribution is 2.29. The van der Waals surface area contributed by atoms with Crippen molar-refractivity contribution in [2.45, 2.75) is 12.6 Å². The minimum Gasteiger partial charge on any atom is -0.457 e. The van der Waals surface area contributed by atoms with Crippen LogP contribution in [0.3, 0.4) is 0 Å². The number of benzene rings is 1. The van der Waals surface area contributed by atoms with Crippen LogP contribution < -0.4 is 5.32 Å². The second kappa shape index (κ2) is 7.28. The van der Waals surface area contributed by atoms with Crippen LogP contribution in [0.1, 0.15) is 22.5 Å². The molecule has 2 amide bonds. The molecular weight excluding hydrogens is 387 g/mol. The third-order valence-electron chi connectivity index (χ3n) is 4.35. The number of nitrogens with zero attached hydrogens (tertiary/aromatic N) is 1. The van der Waals surface area contributed by atoms with E-state index in [9.17, 15) is 14.0 Å². The molecule has 2 saturated heterocycles. The predicted octanol–water partition coefficient (Wildman–Crippen LogP) is 3.62. The summed E-state index contributed by atoms with van der Waals surface area (Å²) < 4.78 is 19.6. The number of carbonyl (C=O) groups excluding carboxylic acids is 2. The van der Waals surface area contributed by atoms with Crippen molar-refractivity contribution in [3.05, 3.63) is 52.6 Å². The SMILES string of the molecule is O=C1NC(=S)S/C1=C\c1ccc(-c2cccc(C(=O)N3CC[C@@H](F)C3)c2)o1. The Labute approximate surface area is 164 Å².